The number of halogens is 1. The average molecular weight is 300 g/mol. The molecule has 1 atom stereocenters. The van der Waals surface area contributed by atoms with Crippen LogP contribution in [0.25, 0.3) is 0 Å². The lowest BCUT2D eigenvalue weighted by Crippen LogP contribution is -2.42. The number of ether oxygens (including phenoxy) is 2. The monoisotopic (exact) mass is 300 g/mol. The van der Waals surface area contributed by atoms with Gasteiger partial charge in [-0.1, -0.05) is 6.92 Å². The third kappa shape index (κ3) is 4.99. The second kappa shape index (κ2) is 8.15. The molecular weight excluding hydrogens is 283 g/mol. The fourth-order valence-electron chi connectivity index (χ4n) is 1.60. The van der Waals surface area contributed by atoms with Gasteiger partial charge in [0, 0.05) is 12.1 Å². The molecule has 0 saturated heterocycles. The van der Waals surface area contributed by atoms with E-state index in [1.54, 1.807) is 0 Å². The van der Waals surface area contributed by atoms with Crippen molar-refractivity contribution in [2.75, 3.05) is 20.3 Å². The molecule has 1 aromatic rings. The Morgan fingerprint density at radius 1 is 1.52 bits per heavy atom. The summed E-state index contributed by atoms with van der Waals surface area (Å²) in [5, 5.41) is 13.7. The number of nitro benzene ring substituents is 1. The summed E-state index contributed by atoms with van der Waals surface area (Å²) >= 11 is 0. The van der Waals surface area contributed by atoms with Crippen LogP contribution in [0.5, 0.6) is 5.75 Å². The Morgan fingerprint density at radius 3 is 2.81 bits per heavy atom. The van der Waals surface area contributed by atoms with Gasteiger partial charge in [0.1, 0.15) is 18.5 Å². The molecule has 0 saturated carbocycles. The maximum Gasteiger partial charge on any atom is 0.326 e. The topological polar surface area (TPSA) is 90.7 Å². The lowest BCUT2D eigenvalue weighted by Gasteiger charge is -2.16. The average Bonchev–Trinajstić information content (AvgIpc) is 2.46. The number of hydrogen-bond acceptors (Lipinski definition) is 6. The van der Waals surface area contributed by atoms with E-state index in [4.69, 9.17) is 4.74 Å². The van der Waals surface area contributed by atoms with Crippen LogP contribution in [0.2, 0.25) is 0 Å². The number of methoxy groups -OCH3 is 1. The van der Waals surface area contributed by atoms with E-state index >= 15 is 0 Å². The molecule has 0 aliphatic heterocycles. The molecule has 0 fully saturated rings. The molecule has 1 unspecified atom stereocenters. The first kappa shape index (κ1) is 16.8. The van der Waals surface area contributed by atoms with E-state index in [0.29, 0.717) is 6.54 Å². The quantitative estimate of drug-likeness (QED) is 0.446. The van der Waals surface area contributed by atoms with Crippen molar-refractivity contribution in [3.63, 3.8) is 0 Å². The van der Waals surface area contributed by atoms with Crippen molar-refractivity contribution < 1.29 is 23.6 Å². The van der Waals surface area contributed by atoms with Gasteiger partial charge in [-0.15, -0.1) is 0 Å². The van der Waals surface area contributed by atoms with Crippen LogP contribution in [-0.4, -0.2) is 37.2 Å². The van der Waals surface area contributed by atoms with Crippen molar-refractivity contribution in [2.24, 2.45) is 0 Å². The minimum absolute atomic E-state index is 0.197. The second-order valence-electron chi connectivity index (χ2n) is 4.21. The zero-order chi connectivity index (χ0) is 15.8. The van der Waals surface area contributed by atoms with Gasteiger partial charge in [-0.05, 0) is 19.0 Å². The minimum atomic E-state index is -0.780. The molecule has 0 amide bonds. The fourth-order valence-corrected chi connectivity index (χ4v) is 1.60. The van der Waals surface area contributed by atoms with E-state index in [0.717, 1.165) is 24.6 Å². The molecule has 0 spiro atoms. The van der Waals surface area contributed by atoms with Gasteiger partial charge in [-0.25, -0.2) is 4.39 Å². The van der Waals surface area contributed by atoms with Crippen LogP contribution in [0.15, 0.2) is 18.2 Å². The first-order chi connectivity index (χ1) is 9.99. The van der Waals surface area contributed by atoms with Crippen molar-refractivity contribution >= 4 is 11.7 Å². The van der Waals surface area contributed by atoms with Gasteiger partial charge in [0.05, 0.1) is 12.0 Å². The van der Waals surface area contributed by atoms with Crippen molar-refractivity contribution in [1.82, 2.24) is 5.32 Å². The van der Waals surface area contributed by atoms with Crippen molar-refractivity contribution in [2.45, 2.75) is 19.4 Å². The summed E-state index contributed by atoms with van der Waals surface area (Å²) in [5.41, 5.74) is -0.365. The van der Waals surface area contributed by atoms with Crippen LogP contribution in [-0.2, 0) is 9.53 Å². The molecular formula is C13H17FN2O5. The number of rotatable bonds is 8. The number of carbonyl (C=O) groups excluding carboxylic acids is 1. The lowest BCUT2D eigenvalue weighted by molar-refractivity contribution is -0.385. The maximum absolute atomic E-state index is 13.2. The molecule has 1 N–H and O–H groups in total. The first-order valence-corrected chi connectivity index (χ1v) is 6.37. The predicted octanol–water partition coefficient (Wildman–Crippen LogP) is 1.65. The highest BCUT2D eigenvalue weighted by Crippen LogP contribution is 2.27. The fraction of sp³-hybridized carbons (Fsp3) is 0.462. The summed E-state index contributed by atoms with van der Waals surface area (Å²) in [6.07, 6.45) is 0.785. The van der Waals surface area contributed by atoms with E-state index in [2.05, 4.69) is 10.1 Å². The summed E-state index contributed by atoms with van der Waals surface area (Å²) < 4.78 is 23.0. The van der Waals surface area contributed by atoms with E-state index in [9.17, 15) is 19.3 Å². The third-order valence-electron chi connectivity index (χ3n) is 2.65. The first-order valence-electron chi connectivity index (χ1n) is 6.37. The number of benzene rings is 1. The number of nitrogens with one attached hydrogen (secondary N) is 1. The Kier molecular flexibility index (Phi) is 6.54. The van der Waals surface area contributed by atoms with E-state index in [1.165, 1.54) is 7.11 Å². The molecule has 21 heavy (non-hydrogen) atoms. The van der Waals surface area contributed by atoms with E-state index in [1.807, 2.05) is 6.92 Å². The number of nitrogens with zero attached hydrogens (tertiary/aromatic N) is 1. The van der Waals surface area contributed by atoms with Crippen LogP contribution in [0.4, 0.5) is 10.1 Å². The SMILES string of the molecule is CCCNC(COc1cc(F)ccc1[N+](=O)[O-])C(=O)OC. The number of nitro groups is 1. The molecule has 8 heteroatoms. The van der Waals surface area contributed by atoms with Gasteiger partial charge in [-0.3, -0.25) is 14.9 Å². The van der Waals surface area contributed by atoms with Crippen LogP contribution >= 0.6 is 0 Å². The Labute approximate surface area is 121 Å². The summed E-state index contributed by atoms with van der Waals surface area (Å²) in [5.74, 6) is -1.44. The summed E-state index contributed by atoms with van der Waals surface area (Å²) in [6.45, 7) is 2.27. The van der Waals surface area contributed by atoms with Crippen LogP contribution in [0, 0.1) is 15.9 Å². The van der Waals surface area contributed by atoms with E-state index in [-0.39, 0.29) is 18.0 Å². The number of carbonyl (C=O) groups is 1. The van der Waals surface area contributed by atoms with E-state index < -0.39 is 22.8 Å². The van der Waals surface area contributed by atoms with Crippen molar-refractivity contribution in [3.8, 4) is 5.75 Å². The smallest absolute Gasteiger partial charge is 0.326 e. The van der Waals surface area contributed by atoms with Crippen molar-refractivity contribution in [3.05, 3.63) is 34.1 Å². The van der Waals surface area contributed by atoms with Gasteiger partial charge < -0.3 is 14.8 Å². The molecule has 0 radical (unpaired) electrons. The number of hydrogen-bond donors (Lipinski definition) is 1. The van der Waals surface area contributed by atoms with Crippen LogP contribution < -0.4 is 10.1 Å². The normalized spacial score (nSPS) is 11.8. The molecule has 0 aliphatic carbocycles. The molecule has 7 nitrogen and oxygen atoms in total. The standard InChI is InChI=1S/C13H17FN2O5/c1-3-6-15-10(13(17)20-2)8-21-12-7-9(14)4-5-11(12)16(18)19/h4-5,7,10,15H,3,6,8H2,1-2H3. The summed E-state index contributed by atoms with van der Waals surface area (Å²) in [6, 6.07) is 2.11. The highest BCUT2D eigenvalue weighted by atomic mass is 19.1. The van der Waals surface area contributed by atoms with Gasteiger partial charge >= 0.3 is 11.7 Å². The molecule has 1 aromatic carbocycles. The van der Waals surface area contributed by atoms with Gasteiger partial charge in [0.15, 0.2) is 5.75 Å². The Balaban J connectivity index is 2.81. The molecule has 0 heterocycles. The molecule has 1 rings (SSSR count). The third-order valence-corrected chi connectivity index (χ3v) is 2.65. The largest absolute Gasteiger partial charge is 0.484 e. The Bertz CT molecular complexity index is 509. The number of esters is 1. The Morgan fingerprint density at radius 2 is 2.24 bits per heavy atom. The molecule has 116 valence electrons. The van der Waals surface area contributed by atoms with Crippen LogP contribution in [0.3, 0.4) is 0 Å². The zero-order valence-corrected chi connectivity index (χ0v) is 11.8. The lowest BCUT2D eigenvalue weighted by atomic mass is 10.2. The van der Waals surface area contributed by atoms with Gasteiger partial charge in [-0.2, -0.15) is 0 Å². The molecule has 0 aliphatic rings. The summed E-state index contributed by atoms with van der Waals surface area (Å²) in [4.78, 5) is 21.7. The second-order valence-corrected chi connectivity index (χ2v) is 4.21. The van der Waals surface area contributed by atoms with Gasteiger partial charge in [0.25, 0.3) is 0 Å². The highest BCUT2D eigenvalue weighted by Gasteiger charge is 2.22. The predicted molar refractivity (Wildman–Crippen MR) is 72.6 cm³/mol. The van der Waals surface area contributed by atoms with Crippen LogP contribution in [0.1, 0.15) is 13.3 Å². The maximum atomic E-state index is 13.2. The molecule has 0 aromatic heterocycles. The van der Waals surface area contributed by atoms with Gasteiger partial charge in [0.2, 0.25) is 0 Å². The summed E-state index contributed by atoms with van der Waals surface area (Å²) in [7, 11) is 1.23. The molecule has 0 bridgehead atoms. The minimum Gasteiger partial charge on any atom is -0.484 e. The Hall–Kier alpha value is -2.22. The van der Waals surface area contributed by atoms with Crippen molar-refractivity contribution in [1.29, 1.82) is 0 Å². The zero-order valence-electron chi connectivity index (χ0n) is 11.8. The highest BCUT2D eigenvalue weighted by molar-refractivity contribution is 5.75.